The van der Waals surface area contributed by atoms with Crippen LogP contribution in [0.3, 0.4) is 0 Å². The molecule has 2 heterocycles. The highest BCUT2D eigenvalue weighted by molar-refractivity contribution is 6.30. The molecule has 0 bridgehead atoms. The first-order chi connectivity index (χ1) is 11.0. The standard InChI is InChI=1S/C15H17ClFN5O/c1-20(8-10-3-4-12(17)11(16)7-10)9-13-18-19-14-15(23)21(2)5-6-22(13)14/h3-4,7H,5-6,8-9H2,1-2H3. The van der Waals surface area contributed by atoms with E-state index in [1.54, 1.807) is 24.1 Å². The molecule has 1 aliphatic rings. The number of likely N-dealkylation sites (N-methyl/N-ethyl adjacent to an activating group) is 1. The predicted octanol–water partition coefficient (Wildman–Crippen LogP) is 1.79. The average molecular weight is 338 g/mol. The molecular formula is C15H17ClFN5O. The van der Waals surface area contributed by atoms with Gasteiger partial charge in [0.25, 0.3) is 5.91 Å². The van der Waals surface area contributed by atoms with Crippen molar-refractivity contribution in [2.45, 2.75) is 19.6 Å². The van der Waals surface area contributed by atoms with Gasteiger partial charge in [0, 0.05) is 26.7 Å². The molecular weight excluding hydrogens is 321 g/mol. The SMILES string of the molecule is CN(Cc1ccc(F)c(Cl)c1)Cc1nnc2n1CCN(C)C2=O. The molecule has 0 unspecified atom stereocenters. The summed E-state index contributed by atoms with van der Waals surface area (Å²) in [6, 6.07) is 4.68. The van der Waals surface area contributed by atoms with Crippen LogP contribution < -0.4 is 0 Å². The zero-order chi connectivity index (χ0) is 16.6. The zero-order valence-electron chi connectivity index (χ0n) is 13.0. The van der Waals surface area contributed by atoms with E-state index in [0.717, 1.165) is 11.4 Å². The Balaban J connectivity index is 1.71. The predicted molar refractivity (Wildman–Crippen MR) is 83.6 cm³/mol. The van der Waals surface area contributed by atoms with Crippen molar-refractivity contribution in [1.82, 2.24) is 24.6 Å². The first-order valence-corrected chi connectivity index (χ1v) is 7.63. The first kappa shape index (κ1) is 15.9. The maximum atomic E-state index is 13.2. The second-order valence-electron chi connectivity index (χ2n) is 5.74. The lowest BCUT2D eigenvalue weighted by Gasteiger charge is -2.24. The van der Waals surface area contributed by atoms with Gasteiger partial charge in [-0.25, -0.2) is 4.39 Å². The fraction of sp³-hybridized carbons (Fsp3) is 0.400. The van der Waals surface area contributed by atoms with E-state index in [9.17, 15) is 9.18 Å². The van der Waals surface area contributed by atoms with Crippen molar-refractivity contribution in [3.05, 3.63) is 46.3 Å². The molecule has 0 aliphatic carbocycles. The van der Waals surface area contributed by atoms with Gasteiger partial charge in [0.05, 0.1) is 11.6 Å². The van der Waals surface area contributed by atoms with Gasteiger partial charge in [0.1, 0.15) is 11.6 Å². The van der Waals surface area contributed by atoms with Gasteiger partial charge >= 0.3 is 0 Å². The lowest BCUT2D eigenvalue weighted by Crippen LogP contribution is -2.38. The molecule has 1 aromatic carbocycles. The molecule has 8 heteroatoms. The fourth-order valence-corrected chi connectivity index (χ4v) is 2.82. The van der Waals surface area contributed by atoms with Crippen LogP contribution in [0.1, 0.15) is 22.0 Å². The van der Waals surface area contributed by atoms with E-state index in [1.165, 1.54) is 6.07 Å². The summed E-state index contributed by atoms with van der Waals surface area (Å²) in [5, 5.41) is 8.25. The monoisotopic (exact) mass is 337 g/mol. The third-order valence-electron chi connectivity index (χ3n) is 3.87. The number of amides is 1. The molecule has 1 aliphatic heterocycles. The van der Waals surface area contributed by atoms with Crippen molar-refractivity contribution in [1.29, 1.82) is 0 Å². The van der Waals surface area contributed by atoms with Crippen molar-refractivity contribution in [2.75, 3.05) is 20.6 Å². The Morgan fingerprint density at radius 2 is 2.09 bits per heavy atom. The molecule has 3 rings (SSSR count). The molecule has 2 aromatic rings. The van der Waals surface area contributed by atoms with E-state index >= 15 is 0 Å². The molecule has 1 amide bonds. The van der Waals surface area contributed by atoms with Crippen molar-refractivity contribution >= 4 is 17.5 Å². The molecule has 0 saturated heterocycles. The smallest absolute Gasteiger partial charge is 0.291 e. The van der Waals surface area contributed by atoms with Crippen LogP contribution >= 0.6 is 11.6 Å². The third-order valence-corrected chi connectivity index (χ3v) is 4.16. The van der Waals surface area contributed by atoms with Gasteiger partial charge < -0.3 is 9.47 Å². The molecule has 23 heavy (non-hydrogen) atoms. The number of carbonyl (C=O) groups is 1. The van der Waals surface area contributed by atoms with E-state index in [0.29, 0.717) is 32.0 Å². The number of nitrogens with zero attached hydrogens (tertiary/aromatic N) is 5. The molecule has 6 nitrogen and oxygen atoms in total. The van der Waals surface area contributed by atoms with E-state index in [-0.39, 0.29) is 10.9 Å². The zero-order valence-corrected chi connectivity index (χ0v) is 13.7. The maximum absolute atomic E-state index is 13.2. The Hall–Kier alpha value is -1.99. The van der Waals surface area contributed by atoms with Crippen LogP contribution in [0.4, 0.5) is 4.39 Å². The molecule has 0 fully saturated rings. The van der Waals surface area contributed by atoms with Crippen LogP contribution in [0.5, 0.6) is 0 Å². The van der Waals surface area contributed by atoms with E-state index < -0.39 is 5.82 Å². The Morgan fingerprint density at radius 3 is 2.83 bits per heavy atom. The number of hydrogen-bond acceptors (Lipinski definition) is 4. The van der Waals surface area contributed by atoms with Gasteiger partial charge in [-0.15, -0.1) is 10.2 Å². The van der Waals surface area contributed by atoms with Crippen molar-refractivity contribution in [2.24, 2.45) is 0 Å². The lowest BCUT2D eigenvalue weighted by atomic mass is 10.2. The maximum Gasteiger partial charge on any atom is 0.291 e. The number of halogens is 2. The van der Waals surface area contributed by atoms with Gasteiger partial charge in [-0.05, 0) is 24.7 Å². The highest BCUT2D eigenvalue weighted by Gasteiger charge is 2.26. The molecule has 0 radical (unpaired) electrons. The van der Waals surface area contributed by atoms with Crippen LogP contribution in [0.25, 0.3) is 0 Å². The number of hydrogen-bond donors (Lipinski definition) is 0. The third kappa shape index (κ3) is 3.20. The van der Waals surface area contributed by atoms with Crippen LogP contribution in [0.2, 0.25) is 5.02 Å². The minimum Gasteiger partial charge on any atom is -0.337 e. The summed E-state index contributed by atoms with van der Waals surface area (Å²) >= 11 is 5.80. The van der Waals surface area contributed by atoms with Gasteiger partial charge in [-0.2, -0.15) is 0 Å². The van der Waals surface area contributed by atoms with Gasteiger partial charge in [0.2, 0.25) is 5.82 Å². The Morgan fingerprint density at radius 1 is 1.30 bits per heavy atom. The van der Waals surface area contributed by atoms with Crippen LogP contribution in [-0.4, -0.2) is 51.1 Å². The second-order valence-corrected chi connectivity index (χ2v) is 6.15. The van der Waals surface area contributed by atoms with Crippen molar-refractivity contribution in [3.8, 4) is 0 Å². The number of fused-ring (bicyclic) bond motifs is 1. The Labute approximate surface area is 138 Å². The molecule has 122 valence electrons. The topological polar surface area (TPSA) is 54.3 Å². The normalized spacial score (nSPS) is 14.5. The Kier molecular flexibility index (Phi) is 4.32. The summed E-state index contributed by atoms with van der Waals surface area (Å²) in [6.07, 6.45) is 0. The van der Waals surface area contributed by atoms with Crippen LogP contribution in [-0.2, 0) is 19.6 Å². The minimum absolute atomic E-state index is 0.108. The first-order valence-electron chi connectivity index (χ1n) is 7.25. The summed E-state index contributed by atoms with van der Waals surface area (Å²) in [5.41, 5.74) is 0.910. The molecule has 0 N–H and O–H groups in total. The van der Waals surface area contributed by atoms with Gasteiger partial charge in [-0.1, -0.05) is 17.7 Å². The minimum atomic E-state index is -0.424. The highest BCUT2D eigenvalue weighted by Crippen LogP contribution is 2.18. The van der Waals surface area contributed by atoms with Gasteiger partial charge in [-0.3, -0.25) is 9.69 Å². The number of aromatic nitrogens is 3. The van der Waals surface area contributed by atoms with Crippen LogP contribution in [0.15, 0.2) is 18.2 Å². The summed E-state index contributed by atoms with van der Waals surface area (Å²) in [4.78, 5) is 15.7. The van der Waals surface area contributed by atoms with Crippen LogP contribution in [0, 0.1) is 5.82 Å². The summed E-state index contributed by atoms with van der Waals surface area (Å²) in [7, 11) is 3.68. The largest absolute Gasteiger partial charge is 0.337 e. The number of benzene rings is 1. The Bertz CT molecular complexity index is 747. The average Bonchev–Trinajstić information content (AvgIpc) is 2.90. The quantitative estimate of drug-likeness (QED) is 0.853. The lowest BCUT2D eigenvalue weighted by molar-refractivity contribution is 0.0739. The molecule has 0 atom stereocenters. The van der Waals surface area contributed by atoms with Crippen molar-refractivity contribution < 1.29 is 9.18 Å². The molecule has 1 aromatic heterocycles. The molecule has 0 spiro atoms. The second kappa shape index (κ2) is 6.25. The summed E-state index contributed by atoms with van der Waals surface area (Å²) in [5.74, 6) is 0.597. The number of carbonyl (C=O) groups excluding carboxylic acids is 1. The van der Waals surface area contributed by atoms with E-state index in [4.69, 9.17) is 11.6 Å². The number of rotatable bonds is 4. The van der Waals surface area contributed by atoms with Gasteiger partial charge in [0.15, 0.2) is 0 Å². The summed E-state index contributed by atoms with van der Waals surface area (Å²) < 4.78 is 15.1. The fourth-order valence-electron chi connectivity index (χ4n) is 2.61. The van der Waals surface area contributed by atoms with Crippen molar-refractivity contribution in [3.63, 3.8) is 0 Å². The molecule has 0 saturated carbocycles. The van der Waals surface area contributed by atoms with E-state index in [2.05, 4.69) is 10.2 Å². The van der Waals surface area contributed by atoms with E-state index in [1.807, 2.05) is 16.5 Å². The highest BCUT2D eigenvalue weighted by atomic mass is 35.5. The summed E-state index contributed by atoms with van der Waals surface area (Å²) in [6.45, 7) is 2.47.